The normalized spacial score (nSPS) is 15.4. The number of hydrogen-bond acceptors (Lipinski definition) is 4. The number of carbonyl (C=O) groups excluding carboxylic acids is 1. The molecule has 0 radical (unpaired) electrons. The first-order valence-corrected chi connectivity index (χ1v) is 12.6. The molecule has 4 aromatic rings. The molecule has 2 atom stereocenters. The number of nitrogens with zero attached hydrogens (tertiary/aromatic N) is 2. The van der Waals surface area contributed by atoms with E-state index in [1.807, 2.05) is 97.1 Å². The molecule has 0 fully saturated rings. The van der Waals surface area contributed by atoms with Crippen molar-refractivity contribution in [3.63, 3.8) is 0 Å². The van der Waals surface area contributed by atoms with Gasteiger partial charge in [0.15, 0.2) is 0 Å². The minimum atomic E-state index is -0.417. The van der Waals surface area contributed by atoms with Crippen LogP contribution in [0.3, 0.4) is 0 Å². The smallest absolute Gasteiger partial charge is 0.411 e. The molecule has 1 amide bonds. The van der Waals surface area contributed by atoms with Crippen molar-refractivity contribution in [3.05, 3.63) is 144 Å². The summed E-state index contributed by atoms with van der Waals surface area (Å²) in [6, 6.07) is 39.4. The molecule has 186 valence electrons. The van der Waals surface area contributed by atoms with Crippen LogP contribution in [0.15, 0.2) is 126 Å². The molecule has 0 N–H and O–H groups in total. The first-order valence-electron chi connectivity index (χ1n) is 12.6. The maximum absolute atomic E-state index is 13.7. The lowest BCUT2D eigenvalue weighted by molar-refractivity contribution is 0.0833. The highest BCUT2D eigenvalue weighted by molar-refractivity contribution is 5.87. The number of aliphatic imine (C=N–C) groups is 1. The molecule has 0 saturated heterocycles. The van der Waals surface area contributed by atoms with Crippen LogP contribution in [0.4, 0.5) is 4.79 Å². The minimum absolute atomic E-state index is 0.103. The van der Waals surface area contributed by atoms with E-state index in [0.29, 0.717) is 25.5 Å². The summed E-state index contributed by atoms with van der Waals surface area (Å²) in [6.07, 6.45) is 0.164. The quantitative estimate of drug-likeness (QED) is 0.265. The molecule has 5 nitrogen and oxygen atoms in total. The largest absolute Gasteiger partial charge is 0.477 e. The number of hydrogen-bond donors (Lipinski definition) is 0. The molecule has 1 heterocycles. The van der Waals surface area contributed by atoms with Gasteiger partial charge in [-0.05, 0) is 22.3 Å². The van der Waals surface area contributed by atoms with Gasteiger partial charge in [0.05, 0.1) is 0 Å². The zero-order valence-electron chi connectivity index (χ0n) is 20.6. The van der Waals surface area contributed by atoms with Gasteiger partial charge in [0.2, 0.25) is 5.90 Å². The standard InChI is InChI=1S/C32H30N2O3/c35-32(37-23-27-17-9-3-10-18-27)34(22-26-15-7-2-8-16-26)30(21-25-13-5-1-6-14-25)31-33-29(24-36-31)28-19-11-4-12-20-28/h1-20,29-30H,21-24H2/t29-,30+/m0/s1. The van der Waals surface area contributed by atoms with Gasteiger partial charge in [-0.15, -0.1) is 0 Å². The highest BCUT2D eigenvalue weighted by Crippen LogP contribution is 2.27. The highest BCUT2D eigenvalue weighted by atomic mass is 16.6. The SMILES string of the molecule is O=C(OCc1ccccc1)N(Cc1ccccc1)[C@H](Cc1ccccc1)C1=N[C@H](c2ccccc2)CO1. The zero-order chi connectivity index (χ0) is 25.3. The number of ether oxygens (including phenoxy) is 2. The molecule has 0 bridgehead atoms. The Morgan fingerprint density at radius 3 is 1.95 bits per heavy atom. The summed E-state index contributed by atoms with van der Waals surface area (Å²) in [7, 11) is 0. The van der Waals surface area contributed by atoms with Crippen molar-refractivity contribution in [1.29, 1.82) is 0 Å². The van der Waals surface area contributed by atoms with Crippen LogP contribution >= 0.6 is 0 Å². The van der Waals surface area contributed by atoms with E-state index < -0.39 is 12.1 Å². The van der Waals surface area contributed by atoms with Gasteiger partial charge in [-0.1, -0.05) is 121 Å². The summed E-state index contributed by atoms with van der Waals surface area (Å²) < 4.78 is 12.0. The summed E-state index contributed by atoms with van der Waals surface area (Å²) in [5.41, 5.74) is 4.14. The Bertz CT molecular complexity index is 1300. The lowest BCUT2D eigenvalue weighted by Crippen LogP contribution is -2.46. The maximum Gasteiger partial charge on any atom is 0.411 e. The van der Waals surface area contributed by atoms with Gasteiger partial charge in [-0.3, -0.25) is 4.90 Å². The Morgan fingerprint density at radius 1 is 0.784 bits per heavy atom. The molecule has 0 saturated carbocycles. The average Bonchev–Trinajstić information content (AvgIpc) is 3.46. The monoisotopic (exact) mass is 490 g/mol. The van der Waals surface area contributed by atoms with Crippen molar-refractivity contribution in [3.8, 4) is 0 Å². The summed E-state index contributed by atoms with van der Waals surface area (Å²) in [5, 5.41) is 0. The van der Waals surface area contributed by atoms with E-state index in [4.69, 9.17) is 14.5 Å². The molecule has 1 aliphatic heterocycles. The first-order chi connectivity index (χ1) is 18.3. The van der Waals surface area contributed by atoms with Gasteiger partial charge in [-0.25, -0.2) is 9.79 Å². The molecule has 0 aromatic heterocycles. The van der Waals surface area contributed by atoms with Crippen LogP contribution in [0, 0.1) is 0 Å². The first kappa shape index (κ1) is 24.3. The lowest BCUT2D eigenvalue weighted by Gasteiger charge is -2.31. The number of benzene rings is 4. The summed E-state index contributed by atoms with van der Waals surface area (Å²) >= 11 is 0. The van der Waals surface area contributed by atoms with Crippen molar-refractivity contribution in [2.75, 3.05) is 6.61 Å². The van der Waals surface area contributed by atoms with Gasteiger partial charge < -0.3 is 9.47 Å². The summed E-state index contributed by atoms with van der Waals surface area (Å²) in [6.45, 7) is 1.02. The van der Waals surface area contributed by atoms with Gasteiger partial charge in [0, 0.05) is 13.0 Å². The maximum atomic E-state index is 13.7. The second-order valence-corrected chi connectivity index (χ2v) is 9.06. The molecule has 5 heteroatoms. The second-order valence-electron chi connectivity index (χ2n) is 9.06. The van der Waals surface area contributed by atoms with E-state index in [1.54, 1.807) is 4.90 Å². The van der Waals surface area contributed by atoms with E-state index in [2.05, 4.69) is 24.3 Å². The van der Waals surface area contributed by atoms with Gasteiger partial charge >= 0.3 is 6.09 Å². The van der Waals surface area contributed by atoms with Crippen LogP contribution < -0.4 is 0 Å². The van der Waals surface area contributed by atoms with Gasteiger partial charge in [-0.2, -0.15) is 0 Å². The third-order valence-electron chi connectivity index (χ3n) is 6.43. The fourth-order valence-electron chi connectivity index (χ4n) is 4.47. The van der Waals surface area contributed by atoms with Crippen LogP contribution in [0.5, 0.6) is 0 Å². The average molecular weight is 491 g/mol. The number of amides is 1. The Kier molecular flexibility index (Phi) is 7.91. The Labute approximate surface area is 218 Å². The topological polar surface area (TPSA) is 51.1 Å². The van der Waals surface area contributed by atoms with Crippen LogP contribution in [0.1, 0.15) is 28.3 Å². The fourth-order valence-corrected chi connectivity index (χ4v) is 4.47. The molecule has 0 spiro atoms. The fraction of sp³-hybridized carbons (Fsp3) is 0.188. The Hall–Kier alpha value is -4.38. The summed E-state index contributed by atoms with van der Waals surface area (Å²) in [5.74, 6) is 0.560. The van der Waals surface area contributed by atoms with Crippen molar-refractivity contribution in [1.82, 2.24) is 4.90 Å². The summed E-state index contributed by atoms with van der Waals surface area (Å²) in [4.78, 5) is 20.4. The molecular formula is C32H30N2O3. The van der Waals surface area contributed by atoms with Crippen molar-refractivity contribution < 1.29 is 14.3 Å². The van der Waals surface area contributed by atoms with Crippen LogP contribution in [-0.4, -0.2) is 29.5 Å². The predicted octanol–water partition coefficient (Wildman–Crippen LogP) is 6.61. The number of carbonyl (C=O) groups is 1. The van der Waals surface area contributed by atoms with Crippen molar-refractivity contribution in [2.45, 2.75) is 31.7 Å². The highest BCUT2D eigenvalue weighted by Gasteiger charge is 2.35. The molecule has 5 rings (SSSR count). The molecule has 0 unspecified atom stereocenters. The second kappa shape index (κ2) is 12.0. The van der Waals surface area contributed by atoms with Crippen molar-refractivity contribution >= 4 is 12.0 Å². The number of rotatable bonds is 9. The third-order valence-corrected chi connectivity index (χ3v) is 6.43. The molecule has 1 aliphatic rings. The van der Waals surface area contributed by atoms with E-state index in [0.717, 1.165) is 22.3 Å². The van der Waals surface area contributed by atoms with Crippen LogP contribution in [0.2, 0.25) is 0 Å². The molecule has 0 aliphatic carbocycles. The predicted molar refractivity (Wildman–Crippen MR) is 145 cm³/mol. The van der Waals surface area contributed by atoms with Gasteiger partial charge in [0.1, 0.15) is 25.3 Å². The molecular weight excluding hydrogens is 460 g/mol. The third kappa shape index (κ3) is 6.44. The Balaban J connectivity index is 1.46. The van der Waals surface area contributed by atoms with E-state index in [-0.39, 0.29) is 12.6 Å². The van der Waals surface area contributed by atoms with Crippen molar-refractivity contribution in [2.24, 2.45) is 4.99 Å². The van der Waals surface area contributed by atoms with Crippen LogP contribution in [0.25, 0.3) is 0 Å². The minimum Gasteiger partial charge on any atom is -0.477 e. The lowest BCUT2D eigenvalue weighted by atomic mass is 10.0. The van der Waals surface area contributed by atoms with E-state index in [9.17, 15) is 4.79 Å². The van der Waals surface area contributed by atoms with E-state index >= 15 is 0 Å². The van der Waals surface area contributed by atoms with E-state index in [1.165, 1.54) is 0 Å². The zero-order valence-corrected chi connectivity index (χ0v) is 20.6. The van der Waals surface area contributed by atoms with Gasteiger partial charge in [0.25, 0.3) is 0 Å². The van der Waals surface area contributed by atoms with Crippen LogP contribution in [-0.2, 0) is 29.0 Å². The Morgan fingerprint density at radius 2 is 1.32 bits per heavy atom. The molecule has 37 heavy (non-hydrogen) atoms. The molecule has 4 aromatic carbocycles.